The Balaban J connectivity index is 1.40. The summed E-state index contributed by atoms with van der Waals surface area (Å²) >= 11 is -1.65. The highest BCUT2D eigenvalue weighted by Gasteiger charge is 2.55. The van der Waals surface area contributed by atoms with Gasteiger partial charge in [0.05, 0.1) is 17.8 Å². The number of hydrogen-bond acceptors (Lipinski definition) is 5. The van der Waals surface area contributed by atoms with Crippen molar-refractivity contribution >= 4 is 23.0 Å². The smallest absolute Gasteiger partial charge is 0.416 e. The van der Waals surface area contributed by atoms with E-state index in [1.54, 1.807) is 24.3 Å². The van der Waals surface area contributed by atoms with Crippen LogP contribution < -0.4 is 18.9 Å². The molecule has 0 spiro atoms. The molecule has 2 aliphatic rings. The number of nitrogens with one attached hydrogen (secondary N) is 2. The van der Waals surface area contributed by atoms with Gasteiger partial charge in [-0.3, -0.25) is 9.62 Å². The van der Waals surface area contributed by atoms with Gasteiger partial charge >= 0.3 is 6.09 Å². The van der Waals surface area contributed by atoms with Gasteiger partial charge in [-0.05, 0) is 50.2 Å². The van der Waals surface area contributed by atoms with Crippen LogP contribution in [0.15, 0.2) is 54.7 Å². The van der Waals surface area contributed by atoms with E-state index in [1.165, 1.54) is 42.4 Å². The second-order valence-electron chi connectivity index (χ2n) is 7.89. The van der Waals surface area contributed by atoms with Crippen LogP contribution in [0.3, 0.4) is 0 Å². The summed E-state index contributed by atoms with van der Waals surface area (Å²) in [4.78, 5) is 18.3. The maximum Gasteiger partial charge on any atom is 0.416 e. The Bertz CT molecular complexity index is 1300. The topological polar surface area (TPSA) is 92.8 Å². The van der Waals surface area contributed by atoms with Crippen LogP contribution in [0.25, 0.3) is 0 Å². The predicted octanol–water partition coefficient (Wildman–Crippen LogP) is 4.37. The number of aromatic nitrogens is 1. The first-order valence-electron chi connectivity index (χ1n) is 10.5. The van der Waals surface area contributed by atoms with E-state index in [0.717, 1.165) is 0 Å². The second kappa shape index (κ2) is 8.65. The predicted molar refractivity (Wildman–Crippen MR) is 120 cm³/mol. The van der Waals surface area contributed by atoms with Crippen LogP contribution in [0, 0.1) is 11.6 Å². The molecule has 1 saturated carbocycles. The van der Waals surface area contributed by atoms with Crippen molar-refractivity contribution in [2.24, 2.45) is 0 Å². The van der Waals surface area contributed by atoms with E-state index in [1.807, 2.05) is 0 Å². The summed E-state index contributed by atoms with van der Waals surface area (Å²) in [7, 11) is 1.48. The standard InChI is InChI=1S/C23H20F2N4O4S/c1-26-34(31)28-18-6-2-4-16(20(18)25)23(9-10-23)29-13-14-7-8-15(12-19(14)33-22(29)30)32-21-17(24)5-3-11-27-21/h2-8,11-12,26,28H,9-10,13H2,1H3. The first kappa shape index (κ1) is 22.2. The van der Waals surface area contributed by atoms with Crippen molar-refractivity contribution in [2.45, 2.75) is 24.9 Å². The van der Waals surface area contributed by atoms with Crippen LogP contribution in [0.1, 0.15) is 24.0 Å². The van der Waals surface area contributed by atoms with Crippen LogP contribution in [0.5, 0.6) is 17.4 Å². The van der Waals surface area contributed by atoms with Crippen molar-refractivity contribution in [2.75, 3.05) is 11.8 Å². The molecule has 1 aliphatic carbocycles. The molecule has 1 fully saturated rings. The van der Waals surface area contributed by atoms with Crippen molar-refractivity contribution in [3.8, 4) is 17.4 Å². The molecule has 34 heavy (non-hydrogen) atoms. The van der Waals surface area contributed by atoms with Crippen molar-refractivity contribution in [1.82, 2.24) is 14.6 Å². The number of halogens is 2. The molecule has 0 saturated heterocycles. The number of ether oxygens (including phenoxy) is 2. The molecule has 11 heteroatoms. The fraction of sp³-hybridized carbons (Fsp3) is 0.217. The SMILES string of the molecule is CNS(=O)Nc1cccc(C2(N3Cc4ccc(Oc5ncccc5F)cc4OC3=O)CC2)c1F. The summed E-state index contributed by atoms with van der Waals surface area (Å²) < 4.78 is 57.0. The van der Waals surface area contributed by atoms with Gasteiger partial charge in [0.2, 0.25) is 0 Å². The molecule has 0 bridgehead atoms. The summed E-state index contributed by atoms with van der Waals surface area (Å²) in [5, 5.41) is 0. The van der Waals surface area contributed by atoms with Gasteiger partial charge in [-0.2, -0.15) is 0 Å². The van der Waals surface area contributed by atoms with E-state index in [9.17, 15) is 13.4 Å². The van der Waals surface area contributed by atoms with Crippen molar-refractivity contribution in [1.29, 1.82) is 0 Å². The van der Waals surface area contributed by atoms with Crippen molar-refractivity contribution in [3.63, 3.8) is 0 Å². The summed E-state index contributed by atoms with van der Waals surface area (Å²) in [5.74, 6) is -0.821. The molecule has 1 unspecified atom stereocenters. The number of fused-ring (bicyclic) bond motifs is 1. The fourth-order valence-electron chi connectivity index (χ4n) is 4.02. The van der Waals surface area contributed by atoms with Crippen LogP contribution in [-0.4, -0.2) is 27.2 Å². The molecule has 1 aromatic heterocycles. The van der Waals surface area contributed by atoms with Gasteiger partial charge in [-0.15, -0.1) is 0 Å². The zero-order chi connectivity index (χ0) is 23.9. The normalized spacial score (nSPS) is 16.9. The molecular formula is C23H20F2N4O4S. The van der Waals surface area contributed by atoms with Gasteiger partial charge in [0, 0.05) is 23.4 Å². The number of hydrogen-bond donors (Lipinski definition) is 2. The minimum atomic E-state index is -1.65. The van der Waals surface area contributed by atoms with Crippen molar-refractivity contribution in [3.05, 3.63) is 77.5 Å². The molecule has 176 valence electrons. The van der Waals surface area contributed by atoms with Gasteiger partial charge in [0.25, 0.3) is 5.88 Å². The second-order valence-corrected chi connectivity index (χ2v) is 9.04. The molecule has 2 aromatic carbocycles. The largest absolute Gasteiger partial charge is 0.436 e. The lowest BCUT2D eigenvalue weighted by atomic mass is 10.00. The summed E-state index contributed by atoms with van der Waals surface area (Å²) in [6, 6.07) is 12.3. The number of anilines is 1. The number of amides is 1. The lowest BCUT2D eigenvalue weighted by Gasteiger charge is -2.35. The number of benzene rings is 2. The number of nitrogens with zero attached hydrogens (tertiary/aromatic N) is 2. The lowest BCUT2D eigenvalue weighted by molar-refractivity contribution is 0.105. The monoisotopic (exact) mass is 486 g/mol. The third-order valence-corrected chi connectivity index (χ3v) is 6.63. The Kier molecular flexibility index (Phi) is 5.66. The molecule has 0 radical (unpaired) electrons. The Morgan fingerprint density at radius 1 is 1.18 bits per heavy atom. The van der Waals surface area contributed by atoms with Gasteiger partial charge in [0.15, 0.2) is 22.8 Å². The highest BCUT2D eigenvalue weighted by molar-refractivity contribution is 7.84. The number of carbonyl (C=O) groups is 1. The van der Waals surface area contributed by atoms with E-state index in [4.69, 9.17) is 9.47 Å². The van der Waals surface area contributed by atoms with Gasteiger partial charge in [0.1, 0.15) is 11.5 Å². The van der Waals surface area contributed by atoms with E-state index >= 15 is 4.39 Å². The van der Waals surface area contributed by atoms with Gasteiger partial charge in [-0.1, -0.05) is 12.1 Å². The highest BCUT2D eigenvalue weighted by Crippen LogP contribution is 2.54. The van der Waals surface area contributed by atoms with Crippen LogP contribution in [0.2, 0.25) is 0 Å². The molecule has 1 amide bonds. The van der Waals surface area contributed by atoms with Crippen LogP contribution in [0.4, 0.5) is 19.3 Å². The van der Waals surface area contributed by atoms with E-state index in [0.29, 0.717) is 24.0 Å². The summed E-state index contributed by atoms with van der Waals surface area (Å²) in [5.41, 5.74) is 0.247. The highest BCUT2D eigenvalue weighted by atomic mass is 32.2. The van der Waals surface area contributed by atoms with E-state index < -0.39 is 34.4 Å². The average molecular weight is 487 g/mol. The minimum absolute atomic E-state index is 0.0748. The third-order valence-electron chi connectivity index (χ3n) is 5.85. The Morgan fingerprint density at radius 3 is 2.74 bits per heavy atom. The molecule has 3 aromatic rings. The van der Waals surface area contributed by atoms with Crippen molar-refractivity contribution < 1.29 is 27.3 Å². The number of pyridine rings is 1. The van der Waals surface area contributed by atoms with Crippen LogP contribution in [-0.2, 0) is 23.3 Å². The average Bonchev–Trinajstić information content (AvgIpc) is 3.63. The summed E-state index contributed by atoms with van der Waals surface area (Å²) in [6.45, 7) is 0.200. The molecular weight excluding hydrogens is 466 g/mol. The molecule has 8 nitrogen and oxygen atoms in total. The Hall–Kier alpha value is -3.57. The summed E-state index contributed by atoms with van der Waals surface area (Å²) in [6.07, 6.45) is 1.91. The maximum atomic E-state index is 15.3. The molecule has 1 atom stereocenters. The molecule has 1 aliphatic heterocycles. The Labute approximate surface area is 196 Å². The maximum absolute atomic E-state index is 15.3. The zero-order valence-electron chi connectivity index (χ0n) is 18.0. The number of carbonyl (C=O) groups excluding carboxylic acids is 1. The first-order chi connectivity index (χ1) is 16.4. The van der Waals surface area contributed by atoms with Crippen LogP contribution >= 0.6 is 0 Å². The molecule has 2 heterocycles. The van der Waals surface area contributed by atoms with Gasteiger partial charge < -0.3 is 9.47 Å². The minimum Gasteiger partial charge on any atom is -0.436 e. The third kappa shape index (κ3) is 3.97. The molecule has 2 N–H and O–H groups in total. The zero-order valence-corrected chi connectivity index (χ0v) is 18.8. The molecule has 5 rings (SSSR count). The van der Waals surface area contributed by atoms with Gasteiger partial charge in [-0.25, -0.2) is 27.5 Å². The van der Waals surface area contributed by atoms with E-state index in [2.05, 4.69) is 14.4 Å². The van der Waals surface area contributed by atoms with E-state index in [-0.39, 0.29) is 29.6 Å². The lowest BCUT2D eigenvalue weighted by Crippen LogP contribution is -2.44. The first-order valence-corrected chi connectivity index (χ1v) is 11.6. The fourth-order valence-corrected chi connectivity index (χ4v) is 4.48. The quantitative estimate of drug-likeness (QED) is 0.518. The number of rotatable bonds is 7. The Morgan fingerprint density at radius 2 is 2.00 bits per heavy atom.